The summed E-state index contributed by atoms with van der Waals surface area (Å²) in [7, 11) is 0. The average Bonchev–Trinajstić information content (AvgIpc) is 3.13. The zero-order valence-electron chi connectivity index (χ0n) is 16.1. The van der Waals surface area contributed by atoms with E-state index in [1.54, 1.807) is 5.57 Å². The van der Waals surface area contributed by atoms with E-state index in [1.807, 2.05) is 0 Å². The maximum absolute atomic E-state index is 5.23. The molecule has 1 heteroatoms. The van der Waals surface area contributed by atoms with E-state index in [0.29, 0.717) is 0 Å². The fraction of sp³-hybridized carbons (Fsp3) is 0.320. The highest BCUT2D eigenvalue weighted by Gasteiger charge is 2.37. The van der Waals surface area contributed by atoms with Crippen LogP contribution in [0.4, 0.5) is 0 Å². The van der Waals surface area contributed by atoms with Gasteiger partial charge < -0.3 is 0 Å². The summed E-state index contributed by atoms with van der Waals surface area (Å²) >= 11 is 0. The molecule has 1 aliphatic carbocycles. The van der Waals surface area contributed by atoms with Gasteiger partial charge in [-0.25, -0.2) is 0 Å². The first-order chi connectivity index (χ1) is 12.7. The summed E-state index contributed by atoms with van der Waals surface area (Å²) in [5, 5.41) is 0. The number of hydrogen-bond acceptors (Lipinski definition) is 1. The Hall–Kier alpha value is -2.41. The smallest absolute Gasteiger partial charge is 0.0648 e. The standard InChI is InChI=1S/C25H27N/c1-4-6-23-21-7-5-8-22(21)24(19-13-9-17(2)10-14-19)25(26-23)20-15-11-18(3)12-16-20/h9-16H,4-8H2,1-3H3/q+1. The molecule has 0 atom stereocenters. The first-order valence-corrected chi connectivity index (χ1v) is 9.86. The molecule has 0 saturated heterocycles. The molecule has 0 N–H and O–H groups in total. The predicted molar refractivity (Wildman–Crippen MR) is 112 cm³/mol. The lowest BCUT2D eigenvalue weighted by atomic mass is 9.86. The van der Waals surface area contributed by atoms with Gasteiger partial charge in [-0.1, -0.05) is 54.4 Å². The molecule has 2 aliphatic rings. The molecule has 2 aromatic carbocycles. The highest BCUT2D eigenvalue weighted by molar-refractivity contribution is 6.13. The van der Waals surface area contributed by atoms with Crippen LogP contribution in [0.15, 0.2) is 59.7 Å². The van der Waals surface area contributed by atoms with Gasteiger partial charge in [0, 0.05) is 12.0 Å². The molecule has 0 spiro atoms. The Bertz CT molecular complexity index is 906. The van der Waals surface area contributed by atoms with Gasteiger partial charge in [0.05, 0.1) is 16.1 Å². The van der Waals surface area contributed by atoms with Gasteiger partial charge in [0.2, 0.25) is 0 Å². The second-order valence-electron chi connectivity index (χ2n) is 7.57. The molecule has 0 saturated carbocycles. The van der Waals surface area contributed by atoms with Crippen molar-refractivity contribution in [3.8, 4) is 0 Å². The average molecular weight is 341 g/mol. The first kappa shape index (κ1) is 17.0. The van der Waals surface area contributed by atoms with E-state index in [0.717, 1.165) is 18.5 Å². The molecule has 0 aromatic heterocycles. The summed E-state index contributed by atoms with van der Waals surface area (Å²) in [5.41, 5.74) is 12.1. The summed E-state index contributed by atoms with van der Waals surface area (Å²) in [6, 6.07) is 17.8. The van der Waals surface area contributed by atoms with Crippen LogP contribution in [0.1, 0.15) is 61.3 Å². The van der Waals surface area contributed by atoms with Gasteiger partial charge in [-0.05, 0) is 62.8 Å². The number of benzene rings is 2. The number of hydrogen-bond donors (Lipinski definition) is 0. The number of aryl methyl sites for hydroxylation is 2. The molecule has 0 amide bonds. The third-order valence-electron chi connectivity index (χ3n) is 5.50. The lowest BCUT2D eigenvalue weighted by Gasteiger charge is -2.15. The van der Waals surface area contributed by atoms with Crippen LogP contribution in [0.5, 0.6) is 0 Å². The van der Waals surface area contributed by atoms with Gasteiger partial charge >= 0.3 is 0 Å². The largest absolute Gasteiger partial charge is 0.292 e. The maximum Gasteiger partial charge on any atom is 0.292 e. The minimum atomic E-state index is 1.08. The van der Waals surface area contributed by atoms with Crippen molar-refractivity contribution in [3.05, 3.63) is 81.9 Å². The molecular weight excluding hydrogens is 314 g/mol. The molecule has 1 radical (unpaired) electrons. The molecule has 1 aliphatic heterocycles. The Kier molecular flexibility index (Phi) is 4.63. The van der Waals surface area contributed by atoms with Gasteiger partial charge in [-0.3, -0.25) is 0 Å². The highest BCUT2D eigenvalue weighted by Crippen LogP contribution is 2.43. The molecule has 1 nitrogen and oxygen atoms in total. The SMILES string of the molecule is CCCC1=[N+]C(c2ccc(C)cc2)=C(c2ccc(C)cc2)C2=C1CCC2. The van der Waals surface area contributed by atoms with Gasteiger partial charge in [0.15, 0.2) is 0 Å². The summed E-state index contributed by atoms with van der Waals surface area (Å²) in [5.74, 6) is 0. The lowest BCUT2D eigenvalue weighted by molar-refractivity contribution is 0.905. The maximum atomic E-state index is 5.23. The monoisotopic (exact) mass is 341 g/mol. The molecule has 1 heterocycles. The van der Waals surface area contributed by atoms with Crippen LogP contribution in [-0.4, -0.2) is 5.71 Å². The van der Waals surface area contributed by atoms with Gasteiger partial charge in [0.25, 0.3) is 11.4 Å². The van der Waals surface area contributed by atoms with Crippen LogP contribution >= 0.6 is 0 Å². The van der Waals surface area contributed by atoms with E-state index < -0.39 is 0 Å². The van der Waals surface area contributed by atoms with Gasteiger partial charge in [-0.2, -0.15) is 0 Å². The lowest BCUT2D eigenvalue weighted by Crippen LogP contribution is -2.17. The van der Waals surface area contributed by atoms with Crippen LogP contribution in [0.2, 0.25) is 0 Å². The normalized spacial score (nSPS) is 16.8. The summed E-state index contributed by atoms with van der Waals surface area (Å²) < 4.78 is 0. The first-order valence-electron chi connectivity index (χ1n) is 9.86. The van der Waals surface area contributed by atoms with Crippen molar-refractivity contribution in [2.24, 2.45) is 0 Å². The van der Waals surface area contributed by atoms with E-state index in [4.69, 9.17) is 4.99 Å². The summed E-state index contributed by atoms with van der Waals surface area (Å²) in [6.07, 6.45) is 5.84. The van der Waals surface area contributed by atoms with Crippen molar-refractivity contribution in [1.29, 1.82) is 0 Å². The van der Waals surface area contributed by atoms with Crippen molar-refractivity contribution in [2.45, 2.75) is 52.9 Å². The summed E-state index contributed by atoms with van der Waals surface area (Å²) in [4.78, 5) is 5.23. The molecule has 2 aromatic rings. The van der Waals surface area contributed by atoms with Crippen LogP contribution in [0.3, 0.4) is 0 Å². The van der Waals surface area contributed by atoms with Crippen molar-refractivity contribution in [1.82, 2.24) is 4.99 Å². The van der Waals surface area contributed by atoms with Gasteiger partial charge in [0.1, 0.15) is 0 Å². The Morgan fingerprint density at radius 1 is 0.769 bits per heavy atom. The van der Waals surface area contributed by atoms with Crippen LogP contribution < -0.4 is 4.99 Å². The topological polar surface area (TPSA) is 14.1 Å². The second kappa shape index (κ2) is 7.07. The van der Waals surface area contributed by atoms with Crippen molar-refractivity contribution < 1.29 is 0 Å². The number of nitrogens with zero attached hydrogens (tertiary/aromatic N) is 1. The number of rotatable bonds is 4. The quantitative estimate of drug-likeness (QED) is 0.624. The van der Waals surface area contributed by atoms with E-state index in [-0.39, 0.29) is 0 Å². The molecule has 0 bridgehead atoms. The highest BCUT2D eigenvalue weighted by atomic mass is 14.8. The second-order valence-corrected chi connectivity index (χ2v) is 7.57. The molecule has 26 heavy (non-hydrogen) atoms. The number of aliphatic imine (C=N–C) groups is 1. The predicted octanol–water partition coefficient (Wildman–Crippen LogP) is 6.24. The number of allylic oxidation sites excluding steroid dienone is 3. The van der Waals surface area contributed by atoms with E-state index >= 15 is 0 Å². The molecule has 0 unspecified atom stereocenters. The van der Waals surface area contributed by atoms with Gasteiger partial charge in [-0.15, -0.1) is 0 Å². The zero-order valence-corrected chi connectivity index (χ0v) is 16.1. The molecular formula is C25H27N+. The molecule has 0 fully saturated rings. The Morgan fingerprint density at radius 3 is 1.96 bits per heavy atom. The molecule has 131 valence electrons. The third-order valence-corrected chi connectivity index (χ3v) is 5.50. The van der Waals surface area contributed by atoms with Crippen molar-refractivity contribution in [3.63, 3.8) is 0 Å². The zero-order chi connectivity index (χ0) is 18.1. The molecule has 4 rings (SSSR count). The summed E-state index contributed by atoms with van der Waals surface area (Å²) in [6.45, 7) is 6.55. The Morgan fingerprint density at radius 2 is 1.35 bits per heavy atom. The van der Waals surface area contributed by atoms with Crippen LogP contribution in [0.25, 0.3) is 11.3 Å². The van der Waals surface area contributed by atoms with E-state index in [2.05, 4.69) is 69.3 Å². The van der Waals surface area contributed by atoms with Crippen molar-refractivity contribution >= 4 is 17.0 Å². The third kappa shape index (κ3) is 3.07. The fourth-order valence-electron chi connectivity index (χ4n) is 4.13. The minimum Gasteiger partial charge on any atom is -0.0648 e. The van der Waals surface area contributed by atoms with Crippen LogP contribution in [-0.2, 0) is 0 Å². The van der Waals surface area contributed by atoms with E-state index in [1.165, 1.54) is 58.4 Å². The Balaban J connectivity index is 1.96. The minimum absolute atomic E-state index is 1.08. The van der Waals surface area contributed by atoms with Crippen molar-refractivity contribution in [2.75, 3.05) is 0 Å². The van der Waals surface area contributed by atoms with Crippen LogP contribution in [0, 0.1) is 13.8 Å². The van der Waals surface area contributed by atoms with E-state index in [9.17, 15) is 0 Å². The fourth-order valence-corrected chi connectivity index (χ4v) is 4.13. The Labute approximate surface area is 157 Å².